The summed E-state index contributed by atoms with van der Waals surface area (Å²) in [4.78, 5) is 12.2. The minimum atomic E-state index is -0.661. The molecule has 0 spiro atoms. The molecule has 0 unspecified atom stereocenters. The number of anilines is 1. The molecule has 0 saturated carbocycles. The van der Waals surface area contributed by atoms with E-state index in [4.69, 9.17) is 10.00 Å². The highest BCUT2D eigenvalue weighted by atomic mass is 16.5. The van der Waals surface area contributed by atoms with Gasteiger partial charge >= 0.3 is 0 Å². The molecule has 118 valence electrons. The molecule has 2 aromatic carbocycles. The van der Waals surface area contributed by atoms with Gasteiger partial charge in [0.1, 0.15) is 11.8 Å². The number of amides is 1. The summed E-state index contributed by atoms with van der Waals surface area (Å²) in [5, 5.41) is 11.8. The van der Waals surface area contributed by atoms with Gasteiger partial charge in [-0.3, -0.25) is 4.79 Å². The predicted molar refractivity (Wildman–Crippen MR) is 90.4 cm³/mol. The molecule has 0 aliphatic heterocycles. The number of carbonyl (C=O) groups excluding carboxylic acids is 1. The lowest BCUT2D eigenvalue weighted by Gasteiger charge is -2.16. The van der Waals surface area contributed by atoms with Gasteiger partial charge in [0.25, 0.3) is 5.91 Å². The molecule has 0 radical (unpaired) electrons. The molecular formula is C19H20N2O2. The van der Waals surface area contributed by atoms with Gasteiger partial charge in [-0.15, -0.1) is 0 Å². The van der Waals surface area contributed by atoms with Crippen LogP contribution in [0.2, 0.25) is 0 Å². The van der Waals surface area contributed by atoms with Crippen molar-refractivity contribution in [2.45, 2.75) is 32.8 Å². The maximum atomic E-state index is 12.2. The zero-order valence-electron chi connectivity index (χ0n) is 13.5. The molecule has 0 saturated heterocycles. The van der Waals surface area contributed by atoms with E-state index in [1.807, 2.05) is 24.3 Å². The Labute approximate surface area is 136 Å². The van der Waals surface area contributed by atoms with Crippen molar-refractivity contribution in [3.8, 4) is 11.8 Å². The highest BCUT2D eigenvalue weighted by Gasteiger charge is 2.16. The lowest BCUT2D eigenvalue weighted by molar-refractivity contribution is -0.122. The van der Waals surface area contributed by atoms with Crippen LogP contribution in [0.15, 0.2) is 48.5 Å². The molecule has 0 heterocycles. The Bertz CT molecular complexity index is 715. The highest BCUT2D eigenvalue weighted by molar-refractivity contribution is 5.95. The first-order chi connectivity index (χ1) is 11.0. The summed E-state index contributed by atoms with van der Waals surface area (Å²) in [5.41, 5.74) is 2.14. The molecule has 0 aliphatic rings. The van der Waals surface area contributed by atoms with Crippen LogP contribution in [0.25, 0.3) is 0 Å². The summed E-state index contributed by atoms with van der Waals surface area (Å²) >= 11 is 0. The third-order valence-corrected chi connectivity index (χ3v) is 3.53. The summed E-state index contributed by atoms with van der Waals surface area (Å²) < 4.78 is 5.66. The van der Waals surface area contributed by atoms with E-state index in [0.29, 0.717) is 22.9 Å². The molecule has 0 aliphatic carbocycles. The average molecular weight is 308 g/mol. The molecule has 0 aromatic heterocycles. The summed E-state index contributed by atoms with van der Waals surface area (Å²) in [6, 6.07) is 16.6. The summed E-state index contributed by atoms with van der Waals surface area (Å²) in [6.07, 6.45) is -0.661. The van der Waals surface area contributed by atoms with Gasteiger partial charge in [-0.2, -0.15) is 5.26 Å². The van der Waals surface area contributed by atoms with E-state index in [2.05, 4.69) is 25.2 Å². The largest absolute Gasteiger partial charge is 0.481 e. The Kier molecular flexibility index (Phi) is 5.37. The van der Waals surface area contributed by atoms with Gasteiger partial charge in [-0.25, -0.2) is 0 Å². The van der Waals surface area contributed by atoms with Crippen LogP contribution in [0.5, 0.6) is 5.75 Å². The van der Waals surface area contributed by atoms with Gasteiger partial charge in [-0.05, 0) is 42.7 Å². The van der Waals surface area contributed by atoms with E-state index in [1.54, 1.807) is 31.2 Å². The second-order valence-corrected chi connectivity index (χ2v) is 5.63. The first-order valence-electron chi connectivity index (χ1n) is 7.58. The number of nitrogens with one attached hydrogen (secondary N) is 1. The van der Waals surface area contributed by atoms with Crippen LogP contribution in [-0.2, 0) is 4.79 Å². The van der Waals surface area contributed by atoms with Gasteiger partial charge in [0.2, 0.25) is 0 Å². The molecule has 0 fully saturated rings. The number of para-hydroxylation sites is 1. The minimum absolute atomic E-state index is 0.291. The second kappa shape index (κ2) is 7.46. The number of hydrogen-bond acceptors (Lipinski definition) is 3. The fourth-order valence-corrected chi connectivity index (χ4v) is 2.11. The van der Waals surface area contributed by atoms with Crippen LogP contribution >= 0.6 is 0 Å². The topological polar surface area (TPSA) is 62.1 Å². The quantitative estimate of drug-likeness (QED) is 0.905. The van der Waals surface area contributed by atoms with Crippen LogP contribution < -0.4 is 10.1 Å². The van der Waals surface area contributed by atoms with Crippen molar-refractivity contribution in [2.24, 2.45) is 0 Å². The number of hydrogen-bond donors (Lipinski definition) is 1. The van der Waals surface area contributed by atoms with E-state index in [0.717, 1.165) is 0 Å². The maximum absolute atomic E-state index is 12.2. The first kappa shape index (κ1) is 16.6. The second-order valence-electron chi connectivity index (χ2n) is 5.63. The Morgan fingerprint density at radius 2 is 1.74 bits per heavy atom. The molecule has 1 amide bonds. The fraction of sp³-hybridized carbons (Fsp3) is 0.263. The number of carbonyl (C=O) groups is 1. The van der Waals surface area contributed by atoms with E-state index in [1.165, 1.54) is 5.56 Å². The SMILES string of the molecule is CC(C)c1ccc(O[C@H](C)C(=O)Nc2ccccc2C#N)cc1. The van der Waals surface area contributed by atoms with Crippen molar-refractivity contribution in [1.29, 1.82) is 5.26 Å². The van der Waals surface area contributed by atoms with E-state index in [9.17, 15) is 4.79 Å². The zero-order valence-corrected chi connectivity index (χ0v) is 13.5. The standard InChI is InChI=1S/C19H20N2O2/c1-13(2)15-8-10-17(11-9-15)23-14(3)19(22)21-18-7-5-4-6-16(18)12-20/h4-11,13-14H,1-3H3,(H,21,22)/t14-/m1/s1. The van der Waals surface area contributed by atoms with Crippen molar-refractivity contribution >= 4 is 11.6 Å². The molecule has 2 aromatic rings. The van der Waals surface area contributed by atoms with Crippen LogP contribution in [0, 0.1) is 11.3 Å². The molecule has 2 rings (SSSR count). The lowest BCUT2D eigenvalue weighted by atomic mass is 10.0. The van der Waals surface area contributed by atoms with E-state index < -0.39 is 6.10 Å². The van der Waals surface area contributed by atoms with Crippen molar-refractivity contribution in [1.82, 2.24) is 0 Å². The number of rotatable bonds is 5. The summed E-state index contributed by atoms with van der Waals surface area (Å²) in [6.45, 7) is 5.93. The Morgan fingerprint density at radius 1 is 1.09 bits per heavy atom. The van der Waals surface area contributed by atoms with Gasteiger partial charge in [0.15, 0.2) is 6.10 Å². The number of nitriles is 1. The van der Waals surface area contributed by atoms with Crippen LogP contribution in [0.4, 0.5) is 5.69 Å². The Morgan fingerprint density at radius 3 is 2.35 bits per heavy atom. The minimum Gasteiger partial charge on any atom is -0.481 e. The third-order valence-electron chi connectivity index (χ3n) is 3.53. The normalized spacial score (nSPS) is 11.6. The molecular weight excluding hydrogens is 288 g/mol. The van der Waals surface area contributed by atoms with Gasteiger partial charge < -0.3 is 10.1 Å². The molecule has 4 nitrogen and oxygen atoms in total. The average Bonchev–Trinajstić information content (AvgIpc) is 2.55. The molecule has 4 heteroatoms. The highest BCUT2D eigenvalue weighted by Crippen LogP contribution is 2.20. The summed E-state index contributed by atoms with van der Waals surface area (Å²) in [7, 11) is 0. The third kappa shape index (κ3) is 4.33. The van der Waals surface area contributed by atoms with Crippen molar-refractivity contribution < 1.29 is 9.53 Å². The molecule has 23 heavy (non-hydrogen) atoms. The number of benzene rings is 2. The molecule has 1 N–H and O–H groups in total. The zero-order chi connectivity index (χ0) is 16.8. The van der Waals surface area contributed by atoms with Crippen LogP contribution in [0.3, 0.4) is 0 Å². The van der Waals surface area contributed by atoms with Gasteiger partial charge in [0.05, 0.1) is 11.3 Å². The van der Waals surface area contributed by atoms with Crippen molar-refractivity contribution in [3.05, 3.63) is 59.7 Å². The van der Waals surface area contributed by atoms with Gasteiger partial charge in [0, 0.05) is 0 Å². The fourth-order valence-electron chi connectivity index (χ4n) is 2.11. The number of ether oxygens (including phenoxy) is 1. The molecule has 1 atom stereocenters. The monoisotopic (exact) mass is 308 g/mol. The van der Waals surface area contributed by atoms with E-state index in [-0.39, 0.29) is 5.91 Å². The lowest BCUT2D eigenvalue weighted by Crippen LogP contribution is -2.30. The Hall–Kier alpha value is -2.80. The first-order valence-corrected chi connectivity index (χ1v) is 7.58. The maximum Gasteiger partial charge on any atom is 0.265 e. The number of nitrogens with zero attached hydrogens (tertiary/aromatic N) is 1. The van der Waals surface area contributed by atoms with Crippen molar-refractivity contribution in [3.63, 3.8) is 0 Å². The van der Waals surface area contributed by atoms with E-state index >= 15 is 0 Å². The predicted octanol–water partition coefficient (Wildman–Crippen LogP) is 4.09. The summed E-state index contributed by atoms with van der Waals surface area (Å²) in [5.74, 6) is 0.804. The van der Waals surface area contributed by atoms with Crippen LogP contribution in [-0.4, -0.2) is 12.0 Å². The Balaban J connectivity index is 2.01. The van der Waals surface area contributed by atoms with Gasteiger partial charge in [-0.1, -0.05) is 38.1 Å². The van der Waals surface area contributed by atoms with Crippen molar-refractivity contribution in [2.75, 3.05) is 5.32 Å². The molecule has 0 bridgehead atoms. The smallest absolute Gasteiger partial charge is 0.265 e. The van der Waals surface area contributed by atoms with Crippen LogP contribution in [0.1, 0.15) is 37.8 Å².